The van der Waals surface area contributed by atoms with E-state index in [1.165, 1.54) is 0 Å². The van der Waals surface area contributed by atoms with Crippen LogP contribution >= 0.6 is 0 Å². The molecule has 0 saturated heterocycles. The van der Waals surface area contributed by atoms with Crippen molar-refractivity contribution < 1.29 is 9.59 Å². The summed E-state index contributed by atoms with van der Waals surface area (Å²) in [6, 6.07) is 5.44. The summed E-state index contributed by atoms with van der Waals surface area (Å²) in [5, 5.41) is 6.15. The topological polar surface area (TPSA) is 96.9 Å². The summed E-state index contributed by atoms with van der Waals surface area (Å²) in [4.78, 5) is 38.6. The Bertz CT molecular complexity index is 931. The van der Waals surface area contributed by atoms with Gasteiger partial charge in [0.1, 0.15) is 5.69 Å². The van der Waals surface area contributed by atoms with Crippen LogP contribution in [0.3, 0.4) is 0 Å². The van der Waals surface area contributed by atoms with Gasteiger partial charge in [0.25, 0.3) is 5.91 Å². The lowest BCUT2D eigenvalue weighted by molar-refractivity contribution is -0.126. The fourth-order valence-electron chi connectivity index (χ4n) is 4.72. The average molecular weight is 379 g/mol. The highest BCUT2D eigenvalue weighted by molar-refractivity contribution is 5.96. The number of anilines is 1. The third kappa shape index (κ3) is 3.48. The van der Waals surface area contributed by atoms with Gasteiger partial charge >= 0.3 is 0 Å². The van der Waals surface area contributed by atoms with Gasteiger partial charge in [0.05, 0.1) is 17.3 Å². The van der Waals surface area contributed by atoms with Crippen molar-refractivity contribution in [3.8, 4) is 0 Å². The summed E-state index contributed by atoms with van der Waals surface area (Å²) in [5.41, 5.74) is 1.20. The van der Waals surface area contributed by atoms with Crippen molar-refractivity contribution in [3.05, 3.63) is 47.7 Å². The molecule has 2 N–H and O–H groups in total. The van der Waals surface area contributed by atoms with Gasteiger partial charge in [-0.25, -0.2) is 9.97 Å². The van der Waals surface area contributed by atoms with Crippen LogP contribution in [0.2, 0.25) is 0 Å². The molecular weight excluding hydrogens is 354 g/mol. The van der Waals surface area contributed by atoms with E-state index in [0.717, 1.165) is 43.5 Å². The molecule has 2 heterocycles. The maximum Gasteiger partial charge on any atom is 0.270 e. The predicted octanol–water partition coefficient (Wildman–Crippen LogP) is 2.95. The zero-order valence-electron chi connectivity index (χ0n) is 16.3. The first-order valence-electron chi connectivity index (χ1n) is 9.76. The molecule has 0 aliphatic heterocycles. The first-order valence-corrected chi connectivity index (χ1v) is 9.76. The van der Waals surface area contributed by atoms with Crippen molar-refractivity contribution in [2.24, 2.45) is 5.41 Å². The van der Waals surface area contributed by atoms with Crippen LogP contribution < -0.4 is 10.6 Å². The third-order valence-corrected chi connectivity index (χ3v) is 6.05. The Hall–Kier alpha value is -2.83. The Kier molecular flexibility index (Phi) is 4.61. The van der Waals surface area contributed by atoms with E-state index in [1.54, 1.807) is 18.5 Å². The number of pyridine rings is 1. The standard InChI is InChI=1S/C21H25N5O2/c1-14-5-3-6-16(23-14)18(27)26-21-8-4-7-20(13-21,9-10-21)19(28)25-17-12-22-11-15(2)24-17/h3,5-6,11-12H,4,7-10,13H2,1-2H3,(H,26,27)(H,24,25,28). The van der Waals surface area contributed by atoms with Crippen LogP contribution in [0, 0.1) is 19.3 Å². The molecule has 2 fully saturated rings. The highest BCUT2D eigenvalue weighted by Gasteiger charge is 2.55. The smallest absolute Gasteiger partial charge is 0.270 e. The van der Waals surface area contributed by atoms with Gasteiger partial charge in [0.2, 0.25) is 5.91 Å². The number of aromatic nitrogens is 3. The lowest BCUT2D eigenvalue weighted by Crippen LogP contribution is -2.51. The van der Waals surface area contributed by atoms with E-state index < -0.39 is 5.41 Å². The molecular formula is C21H25N5O2. The lowest BCUT2D eigenvalue weighted by atomic mass is 9.72. The quantitative estimate of drug-likeness (QED) is 0.851. The fraction of sp³-hybridized carbons (Fsp3) is 0.476. The molecule has 2 amide bonds. The molecule has 0 radical (unpaired) electrons. The van der Waals surface area contributed by atoms with Gasteiger partial charge in [-0.2, -0.15) is 0 Å². The van der Waals surface area contributed by atoms with Crippen LogP contribution in [0.4, 0.5) is 5.82 Å². The van der Waals surface area contributed by atoms with Crippen LogP contribution in [-0.4, -0.2) is 32.3 Å². The summed E-state index contributed by atoms with van der Waals surface area (Å²) >= 11 is 0. The number of fused-ring (bicyclic) bond motifs is 2. The number of carbonyl (C=O) groups excluding carboxylic acids is 2. The number of amides is 2. The normalized spacial score (nSPS) is 25.9. The number of hydrogen-bond acceptors (Lipinski definition) is 5. The van der Waals surface area contributed by atoms with Gasteiger partial charge in [0.15, 0.2) is 5.82 Å². The van der Waals surface area contributed by atoms with Gasteiger partial charge in [-0.15, -0.1) is 0 Å². The zero-order chi connectivity index (χ0) is 19.8. The number of rotatable bonds is 4. The van der Waals surface area contributed by atoms with Gasteiger partial charge in [-0.1, -0.05) is 12.5 Å². The average Bonchev–Trinajstić information content (AvgIpc) is 2.93. The Labute approximate surface area is 164 Å². The first kappa shape index (κ1) is 18.5. The summed E-state index contributed by atoms with van der Waals surface area (Å²) in [5.74, 6) is 0.304. The van der Waals surface area contributed by atoms with Crippen molar-refractivity contribution in [1.82, 2.24) is 20.3 Å². The van der Waals surface area contributed by atoms with Crippen molar-refractivity contribution in [3.63, 3.8) is 0 Å². The number of carbonyl (C=O) groups is 2. The monoisotopic (exact) mass is 379 g/mol. The largest absolute Gasteiger partial charge is 0.345 e. The molecule has 0 spiro atoms. The third-order valence-electron chi connectivity index (χ3n) is 6.05. The van der Waals surface area contributed by atoms with Crippen LogP contribution in [-0.2, 0) is 4.79 Å². The molecule has 2 aliphatic rings. The fourth-order valence-corrected chi connectivity index (χ4v) is 4.72. The molecule has 2 saturated carbocycles. The van der Waals surface area contributed by atoms with Gasteiger partial charge < -0.3 is 10.6 Å². The van der Waals surface area contributed by atoms with Crippen LogP contribution in [0.1, 0.15) is 60.4 Å². The SMILES string of the molecule is Cc1cncc(NC(=O)C23CCCC(NC(=O)c4cccc(C)n4)(CC2)C3)n1. The number of aryl methyl sites for hydroxylation is 2. The van der Waals surface area contributed by atoms with Crippen molar-refractivity contribution in [2.75, 3.05) is 5.32 Å². The van der Waals surface area contributed by atoms with Gasteiger partial charge in [-0.3, -0.25) is 14.6 Å². The summed E-state index contributed by atoms with van der Waals surface area (Å²) in [7, 11) is 0. The van der Waals surface area contributed by atoms with E-state index in [9.17, 15) is 9.59 Å². The Balaban J connectivity index is 1.49. The predicted molar refractivity (Wildman–Crippen MR) is 105 cm³/mol. The summed E-state index contributed by atoms with van der Waals surface area (Å²) in [6.07, 6.45) is 8.08. The molecule has 4 rings (SSSR count). The van der Waals surface area contributed by atoms with E-state index in [2.05, 4.69) is 25.6 Å². The van der Waals surface area contributed by atoms with E-state index in [4.69, 9.17) is 0 Å². The Morgan fingerprint density at radius 2 is 1.86 bits per heavy atom. The first-order chi connectivity index (χ1) is 13.4. The van der Waals surface area contributed by atoms with Gasteiger partial charge in [-0.05, 0) is 58.1 Å². The van der Waals surface area contributed by atoms with Crippen molar-refractivity contribution >= 4 is 17.6 Å². The molecule has 2 aliphatic carbocycles. The highest BCUT2D eigenvalue weighted by Crippen LogP contribution is 2.54. The Morgan fingerprint density at radius 1 is 1.00 bits per heavy atom. The van der Waals surface area contributed by atoms with E-state index in [-0.39, 0.29) is 17.4 Å². The molecule has 7 nitrogen and oxygen atoms in total. The molecule has 2 aromatic heterocycles. The molecule has 2 aromatic rings. The minimum atomic E-state index is -0.461. The second kappa shape index (κ2) is 6.96. The van der Waals surface area contributed by atoms with Crippen molar-refractivity contribution in [2.45, 2.75) is 57.9 Å². The minimum absolute atomic E-state index is 0.0168. The maximum absolute atomic E-state index is 13.1. The molecule has 28 heavy (non-hydrogen) atoms. The van der Waals surface area contributed by atoms with E-state index in [1.807, 2.05) is 26.0 Å². The number of nitrogens with one attached hydrogen (secondary N) is 2. The molecule has 146 valence electrons. The van der Waals surface area contributed by atoms with E-state index >= 15 is 0 Å². The van der Waals surface area contributed by atoms with Crippen LogP contribution in [0.15, 0.2) is 30.6 Å². The van der Waals surface area contributed by atoms with Gasteiger partial charge in [0, 0.05) is 17.4 Å². The molecule has 2 bridgehead atoms. The Morgan fingerprint density at radius 3 is 2.64 bits per heavy atom. The molecule has 0 aromatic carbocycles. The molecule has 7 heteroatoms. The van der Waals surface area contributed by atoms with E-state index in [0.29, 0.717) is 17.9 Å². The van der Waals surface area contributed by atoms with Crippen LogP contribution in [0.25, 0.3) is 0 Å². The summed E-state index contributed by atoms with van der Waals surface area (Å²) < 4.78 is 0. The number of nitrogens with zero attached hydrogens (tertiary/aromatic N) is 3. The van der Waals surface area contributed by atoms with Crippen LogP contribution in [0.5, 0.6) is 0 Å². The highest BCUT2D eigenvalue weighted by atomic mass is 16.2. The maximum atomic E-state index is 13.1. The van der Waals surface area contributed by atoms with Crippen molar-refractivity contribution in [1.29, 1.82) is 0 Å². The number of hydrogen-bond donors (Lipinski definition) is 2. The zero-order valence-corrected chi connectivity index (χ0v) is 16.3. The second-order valence-electron chi connectivity index (χ2n) is 8.21. The molecule has 2 atom stereocenters. The lowest BCUT2D eigenvalue weighted by Gasteiger charge is -2.39. The molecule has 2 unspecified atom stereocenters. The summed E-state index contributed by atoms with van der Waals surface area (Å²) in [6.45, 7) is 3.71. The minimum Gasteiger partial charge on any atom is -0.345 e. The second-order valence-corrected chi connectivity index (χ2v) is 8.21.